The zero-order valence-corrected chi connectivity index (χ0v) is 9.52. The summed E-state index contributed by atoms with van der Waals surface area (Å²) in [7, 11) is 0. The SMILES string of the molecule is Cc1cccc2ccn(CCOCCO)c12. The lowest BCUT2D eigenvalue weighted by atomic mass is 10.2. The molecule has 0 bridgehead atoms. The first-order chi connectivity index (χ1) is 7.83. The number of aryl methyl sites for hydroxylation is 1. The number of ether oxygens (including phenoxy) is 1. The van der Waals surface area contributed by atoms with E-state index in [-0.39, 0.29) is 6.61 Å². The number of aromatic nitrogens is 1. The van der Waals surface area contributed by atoms with Crippen LogP contribution in [0.3, 0.4) is 0 Å². The summed E-state index contributed by atoms with van der Waals surface area (Å²) >= 11 is 0. The van der Waals surface area contributed by atoms with Gasteiger partial charge >= 0.3 is 0 Å². The fourth-order valence-corrected chi connectivity index (χ4v) is 1.97. The average molecular weight is 219 g/mol. The fraction of sp³-hybridized carbons (Fsp3) is 0.385. The van der Waals surface area contributed by atoms with Crippen LogP contribution >= 0.6 is 0 Å². The molecule has 0 saturated carbocycles. The Hall–Kier alpha value is -1.32. The molecule has 1 N–H and O–H groups in total. The van der Waals surface area contributed by atoms with Crippen molar-refractivity contribution >= 4 is 10.9 Å². The fourth-order valence-electron chi connectivity index (χ4n) is 1.97. The van der Waals surface area contributed by atoms with Crippen molar-refractivity contribution in [3.05, 3.63) is 36.0 Å². The second-order valence-electron chi connectivity index (χ2n) is 3.86. The molecule has 0 atom stereocenters. The van der Waals surface area contributed by atoms with Gasteiger partial charge in [0.25, 0.3) is 0 Å². The summed E-state index contributed by atoms with van der Waals surface area (Å²) in [6.45, 7) is 4.09. The molecule has 0 radical (unpaired) electrons. The van der Waals surface area contributed by atoms with E-state index in [4.69, 9.17) is 9.84 Å². The highest BCUT2D eigenvalue weighted by molar-refractivity contribution is 5.83. The number of aliphatic hydroxyl groups excluding tert-OH is 1. The predicted octanol–water partition coefficient (Wildman–Crippen LogP) is 1.96. The van der Waals surface area contributed by atoms with Crippen LogP contribution in [-0.2, 0) is 11.3 Å². The molecule has 16 heavy (non-hydrogen) atoms. The molecular weight excluding hydrogens is 202 g/mol. The smallest absolute Gasteiger partial charge is 0.0698 e. The molecule has 0 aliphatic rings. The van der Waals surface area contributed by atoms with Crippen LogP contribution in [0.25, 0.3) is 10.9 Å². The van der Waals surface area contributed by atoms with Gasteiger partial charge in [-0.25, -0.2) is 0 Å². The Bertz CT molecular complexity index is 462. The minimum atomic E-state index is 0.0887. The van der Waals surface area contributed by atoms with Gasteiger partial charge in [0, 0.05) is 12.7 Å². The van der Waals surface area contributed by atoms with Crippen molar-refractivity contribution in [1.29, 1.82) is 0 Å². The van der Waals surface area contributed by atoms with Crippen LogP contribution in [-0.4, -0.2) is 29.5 Å². The molecular formula is C13H17NO2. The number of hydrogen-bond acceptors (Lipinski definition) is 2. The molecule has 0 amide bonds. The molecule has 86 valence electrons. The van der Waals surface area contributed by atoms with Crippen molar-refractivity contribution < 1.29 is 9.84 Å². The van der Waals surface area contributed by atoms with Gasteiger partial charge in [-0.05, 0) is 23.9 Å². The zero-order chi connectivity index (χ0) is 11.4. The van der Waals surface area contributed by atoms with Crippen LogP contribution in [0.5, 0.6) is 0 Å². The third-order valence-electron chi connectivity index (χ3n) is 2.70. The molecule has 0 unspecified atom stereocenters. The van der Waals surface area contributed by atoms with E-state index in [9.17, 15) is 0 Å². The number of nitrogens with zero attached hydrogens (tertiary/aromatic N) is 1. The van der Waals surface area contributed by atoms with E-state index in [1.807, 2.05) is 0 Å². The van der Waals surface area contributed by atoms with Gasteiger partial charge in [0.05, 0.1) is 25.3 Å². The molecule has 1 aromatic heterocycles. The van der Waals surface area contributed by atoms with Crippen molar-refractivity contribution in [3.8, 4) is 0 Å². The number of rotatable bonds is 5. The van der Waals surface area contributed by atoms with Gasteiger partial charge in [-0.15, -0.1) is 0 Å². The molecule has 2 rings (SSSR count). The number of hydrogen-bond donors (Lipinski definition) is 1. The standard InChI is InChI=1S/C13H17NO2/c1-11-3-2-4-12-5-6-14(13(11)12)7-9-16-10-8-15/h2-6,15H,7-10H2,1H3. The Labute approximate surface area is 95.3 Å². The van der Waals surface area contributed by atoms with Crippen molar-refractivity contribution in [3.63, 3.8) is 0 Å². The second-order valence-corrected chi connectivity index (χ2v) is 3.86. The molecule has 3 nitrogen and oxygen atoms in total. The summed E-state index contributed by atoms with van der Waals surface area (Å²) in [5.41, 5.74) is 2.56. The number of fused-ring (bicyclic) bond motifs is 1. The number of benzene rings is 1. The van der Waals surface area contributed by atoms with Crippen molar-refractivity contribution in [1.82, 2.24) is 4.57 Å². The van der Waals surface area contributed by atoms with Gasteiger partial charge in [0.2, 0.25) is 0 Å². The molecule has 0 fully saturated rings. The normalized spacial score (nSPS) is 11.1. The highest BCUT2D eigenvalue weighted by atomic mass is 16.5. The van der Waals surface area contributed by atoms with E-state index in [1.165, 1.54) is 16.5 Å². The van der Waals surface area contributed by atoms with Gasteiger partial charge in [-0.1, -0.05) is 18.2 Å². The van der Waals surface area contributed by atoms with Crippen molar-refractivity contribution in [2.45, 2.75) is 13.5 Å². The van der Waals surface area contributed by atoms with E-state index in [0.717, 1.165) is 6.54 Å². The molecule has 1 aromatic carbocycles. The predicted molar refractivity (Wildman–Crippen MR) is 64.6 cm³/mol. The van der Waals surface area contributed by atoms with Gasteiger partial charge in [-0.3, -0.25) is 0 Å². The Morgan fingerprint density at radius 1 is 1.25 bits per heavy atom. The third-order valence-corrected chi connectivity index (χ3v) is 2.70. The van der Waals surface area contributed by atoms with Crippen LogP contribution in [0.15, 0.2) is 30.5 Å². The highest BCUT2D eigenvalue weighted by Gasteiger charge is 2.02. The maximum absolute atomic E-state index is 8.61. The second kappa shape index (κ2) is 5.14. The average Bonchev–Trinajstić information content (AvgIpc) is 2.69. The summed E-state index contributed by atoms with van der Waals surface area (Å²) in [6, 6.07) is 8.43. The van der Waals surface area contributed by atoms with Crippen LogP contribution in [0, 0.1) is 6.92 Å². The van der Waals surface area contributed by atoms with Gasteiger partial charge in [0.15, 0.2) is 0 Å². The topological polar surface area (TPSA) is 34.4 Å². The summed E-state index contributed by atoms with van der Waals surface area (Å²) in [5.74, 6) is 0. The van der Waals surface area contributed by atoms with E-state index in [1.54, 1.807) is 0 Å². The van der Waals surface area contributed by atoms with E-state index >= 15 is 0 Å². The first kappa shape index (κ1) is 11.2. The van der Waals surface area contributed by atoms with Crippen LogP contribution in [0.1, 0.15) is 5.56 Å². The first-order valence-electron chi connectivity index (χ1n) is 5.56. The molecule has 1 heterocycles. The maximum Gasteiger partial charge on any atom is 0.0698 e. The largest absolute Gasteiger partial charge is 0.394 e. The van der Waals surface area contributed by atoms with E-state index in [0.29, 0.717) is 13.2 Å². The summed E-state index contributed by atoms with van der Waals surface area (Å²) < 4.78 is 7.47. The third kappa shape index (κ3) is 2.26. The van der Waals surface area contributed by atoms with Crippen LogP contribution < -0.4 is 0 Å². The highest BCUT2D eigenvalue weighted by Crippen LogP contribution is 2.19. The summed E-state index contributed by atoms with van der Waals surface area (Å²) in [4.78, 5) is 0. The van der Waals surface area contributed by atoms with E-state index in [2.05, 4.69) is 42.0 Å². The minimum Gasteiger partial charge on any atom is -0.394 e. The van der Waals surface area contributed by atoms with Crippen LogP contribution in [0.4, 0.5) is 0 Å². The quantitative estimate of drug-likeness (QED) is 0.780. The van der Waals surface area contributed by atoms with E-state index < -0.39 is 0 Å². The molecule has 0 saturated heterocycles. The van der Waals surface area contributed by atoms with Gasteiger partial charge < -0.3 is 14.4 Å². The minimum absolute atomic E-state index is 0.0887. The molecule has 2 aromatic rings. The first-order valence-corrected chi connectivity index (χ1v) is 5.56. The van der Waals surface area contributed by atoms with Crippen molar-refractivity contribution in [2.75, 3.05) is 19.8 Å². The Kier molecular flexibility index (Phi) is 3.59. The molecule has 0 aliphatic heterocycles. The number of aliphatic hydroxyl groups is 1. The lowest BCUT2D eigenvalue weighted by Crippen LogP contribution is -2.07. The Morgan fingerprint density at radius 2 is 2.12 bits per heavy atom. The lowest BCUT2D eigenvalue weighted by Gasteiger charge is -2.07. The van der Waals surface area contributed by atoms with Crippen molar-refractivity contribution in [2.24, 2.45) is 0 Å². The molecule has 0 aliphatic carbocycles. The monoisotopic (exact) mass is 219 g/mol. The molecule has 3 heteroatoms. The Morgan fingerprint density at radius 3 is 2.94 bits per heavy atom. The van der Waals surface area contributed by atoms with Crippen LogP contribution in [0.2, 0.25) is 0 Å². The molecule has 0 spiro atoms. The Balaban J connectivity index is 2.12. The zero-order valence-electron chi connectivity index (χ0n) is 9.52. The summed E-state index contributed by atoms with van der Waals surface area (Å²) in [5, 5.41) is 9.87. The summed E-state index contributed by atoms with van der Waals surface area (Å²) in [6.07, 6.45) is 2.08. The maximum atomic E-state index is 8.61. The number of para-hydroxylation sites is 1. The lowest BCUT2D eigenvalue weighted by molar-refractivity contribution is 0.0875. The van der Waals surface area contributed by atoms with Gasteiger partial charge in [-0.2, -0.15) is 0 Å². The van der Waals surface area contributed by atoms with Gasteiger partial charge in [0.1, 0.15) is 0 Å².